The van der Waals surface area contributed by atoms with E-state index in [1.54, 1.807) is 6.07 Å². The van der Waals surface area contributed by atoms with Gasteiger partial charge in [-0.25, -0.2) is 4.39 Å². The maximum absolute atomic E-state index is 12.2. The first-order valence-corrected chi connectivity index (χ1v) is 2.69. The summed E-state index contributed by atoms with van der Waals surface area (Å²) >= 11 is 0. The van der Waals surface area contributed by atoms with Gasteiger partial charge in [0.25, 0.3) is 0 Å². The third-order valence-electron chi connectivity index (χ3n) is 0.882. The van der Waals surface area contributed by atoms with Gasteiger partial charge in [-0.2, -0.15) is 10.5 Å². The van der Waals surface area contributed by atoms with Crippen LogP contribution >= 0.6 is 0 Å². The molecule has 0 bridgehead atoms. The van der Waals surface area contributed by atoms with Crippen molar-refractivity contribution in [3.8, 4) is 12.1 Å². The van der Waals surface area contributed by atoms with Crippen LogP contribution in [0.25, 0.3) is 0 Å². The van der Waals surface area contributed by atoms with Gasteiger partial charge in [-0.3, -0.25) is 0 Å². The zero-order chi connectivity index (χ0) is 7.11. The normalized spacial score (nSPS) is 11.4. The molecule has 1 atom stereocenters. The Morgan fingerprint density at radius 3 is 2.44 bits per heavy atom. The summed E-state index contributed by atoms with van der Waals surface area (Å²) < 4.78 is 12.2. The molecule has 0 saturated heterocycles. The Labute approximate surface area is 53.5 Å². The fourth-order valence-corrected chi connectivity index (χ4v) is 0.422. The molecule has 0 rings (SSSR count). The number of rotatable bonds is 3. The second-order valence-corrected chi connectivity index (χ2v) is 1.66. The van der Waals surface area contributed by atoms with Crippen molar-refractivity contribution < 1.29 is 4.39 Å². The quantitative estimate of drug-likeness (QED) is 0.575. The van der Waals surface area contributed by atoms with Gasteiger partial charge in [0.15, 0.2) is 0 Å². The summed E-state index contributed by atoms with van der Waals surface area (Å²) in [6.45, 7) is 0. The Morgan fingerprint density at radius 2 is 2.00 bits per heavy atom. The smallest absolute Gasteiger partial charge is 0.114 e. The van der Waals surface area contributed by atoms with Gasteiger partial charge in [-0.05, 0) is 6.42 Å². The fourth-order valence-electron chi connectivity index (χ4n) is 0.422. The van der Waals surface area contributed by atoms with Crippen LogP contribution in [-0.2, 0) is 0 Å². The zero-order valence-corrected chi connectivity index (χ0v) is 4.97. The van der Waals surface area contributed by atoms with Crippen LogP contribution in [0.4, 0.5) is 4.39 Å². The Balaban J connectivity index is 3.21. The van der Waals surface area contributed by atoms with Crippen molar-refractivity contribution in [2.24, 2.45) is 0 Å². The predicted molar refractivity (Wildman–Crippen MR) is 30.0 cm³/mol. The highest BCUT2D eigenvalue weighted by atomic mass is 19.1. The fraction of sp³-hybridized carbons (Fsp3) is 0.667. The molecule has 0 aromatic heterocycles. The van der Waals surface area contributed by atoms with E-state index < -0.39 is 6.17 Å². The lowest BCUT2D eigenvalue weighted by molar-refractivity contribution is 0.323. The van der Waals surface area contributed by atoms with E-state index in [-0.39, 0.29) is 19.3 Å². The van der Waals surface area contributed by atoms with Gasteiger partial charge in [0.2, 0.25) is 0 Å². The molecule has 48 valence electrons. The van der Waals surface area contributed by atoms with Crippen molar-refractivity contribution in [3.63, 3.8) is 0 Å². The van der Waals surface area contributed by atoms with Crippen LogP contribution in [0.1, 0.15) is 19.3 Å². The topological polar surface area (TPSA) is 47.6 Å². The first-order valence-electron chi connectivity index (χ1n) is 2.69. The zero-order valence-electron chi connectivity index (χ0n) is 4.97. The van der Waals surface area contributed by atoms with Crippen LogP contribution in [0.3, 0.4) is 0 Å². The van der Waals surface area contributed by atoms with Gasteiger partial charge < -0.3 is 0 Å². The predicted octanol–water partition coefficient (Wildman–Crippen LogP) is 1.54. The Bertz CT molecular complexity index is 142. The molecule has 3 heteroatoms. The number of halogens is 1. The SMILES string of the molecule is N#CCCC(F)CC#N. The van der Waals surface area contributed by atoms with E-state index in [9.17, 15) is 4.39 Å². The summed E-state index contributed by atoms with van der Waals surface area (Å²) in [5, 5.41) is 15.9. The number of nitrogens with zero attached hydrogens (tertiary/aromatic N) is 2. The number of nitriles is 2. The summed E-state index contributed by atoms with van der Waals surface area (Å²) in [5.74, 6) is 0. The molecule has 0 radical (unpaired) electrons. The molecule has 0 aromatic carbocycles. The van der Waals surface area contributed by atoms with E-state index >= 15 is 0 Å². The Kier molecular flexibility index (Phi) is 4.44. The third kappa shape index (κ3) is 4.77. The molecule has 0 aromatic rings. The second kappa shape index (κ2) is 5.05. The molecule has 0 N–H and O–H groups in total. The second-order valence-electron chi connectivity index (χ2n) is 1.66. The minimum absolute atomic E-state index is 0.0956. The molecular formula is C6H7FN2. The molecule has 0 aliphatic rings. The van der Waals surface area contributed by atoms with E-state index in [2.05, 4.69) is 0 Å². The van der Waals surface area contributed by atoms with Gasteiger partial charge in [-0.15, -0.1) is 0 Å². The molecule has 0 amide bonds. The van der Waals surface area contributed by atoms with Crippen molar-refractivity contribution in [3.05, 3.63) is 0 Å². The van der Waals surface area contributed by atoms with Crippen LogP contribution in [-0.4, -0.2) is 6.17 Å². The molecule has 0 aliphatic heterocycles. The lowest BCUT2D eigenvalue weighted by Crippen LogP contribution is -1.96. The van der Waals surface area contributed by atoms with Gasteiger partial charge in [0.1, 0.15) is 6.17 Å². The van der Waals surface area contributed by atoms with Crippen LogP contribution in [0, 0.1) is 22.7 Å². The number of alkyl halides is 1. The molecular weight excluding hydrogens is 119 g/mol. The van der Waals surface area contributed by atoms with E-state index in [1.807, 2.05) is 6.07 Å². The Morgan fingerprint density at radius 1 is 1.33 bits per heavy atom. The Hall–Kier alpha value is -1.09. The first kappa shape index (κ1) is 7.91. The standard InChI is InChI=1S/C6H7FN2/c7-6(3-5-9)2-1-4-8/h6H,1-3H2. The summed E-state index contributed by atoms with van der Waals surface area (Å²) in [4.78, 5) is 0. The highest BCUT2D eigenvalue weighted by molar-refractivity contribution is 4.79. The van der Waals surface area contributed by atoms with Gasteiger partial charge in [-0.1, -0.05) is 0 Å². The summed E-state index contributed by atoms with van der Waals surface area (Å²) in [6, 6.07) is 3.50. The molecule has 1 unspecified atom stereocenters. The minimum Gasteiger partial charge on any atom is -0.246 e. The van der Waals surface area contributed by atoms with Crippen molar-refractivity contribution in [2.75, 3.05) is 0 Å². The lowest BCUT2D eigenvalue weighted by atomic mass is 10.2. The van der Waals surface area contributed by atoms with Crippen LogP contribution in [0.15, 0.2) is 0 Å². The molecule has 0 fully saturated rings. The molecule has 0 aliphatic carbocycles. The highest BCUT2D eigenvalue weighted by Gasteiger charge is 2.02. The summed E-state index contributed by atoms with van der Waals surface area (Å²) in [6.07, 6.45) is -0.830. The molecule has 2 nitrogen and oxygen atoms in total. The van der Waals surface area contributed by atoms with Crippen LogP contribution in [0.5, 0.6) is 0 Å². The van der Waals surface area contributed by atoms with Crippen LogP contribution in [0.2, 0.25) is 0 Å². The van der Waals surface area contributed by atoms with E-state index in [1.165, 1.54) is 0 Å². The van der Waals surface area contributed by atoms with Gasteiger partial charge in [0, 0.05) is 6.42 Å². The van der Waals surface area contributed by atoms with Crippen LogP contribution < -0.4 is 0 Å². The maximum atomic E-state index is 12.2. The van der Waals surface area contributed by atoms with Crippen molar-refractivity contribution >= 4 is 0 Å². The average molecular weight is 126 g/mol. The van der Waals surface area contributed by atoms with Crippen molar-refractivity contribution in [2.45, 2.75) is 25.4 Å². The van der Waals surface area contributed by atoms with E-state index in [4.69, 9.17) is 10.5 Å². The number of hydrogen-bond acceptors (Lipinski definition) is 2. The maximum Gasteiger partial charge on any atom is 0.114 e. The van der Waals surface area contributed by atoms with E-state index in [0.29, 0.717) is 0 Å². The highest BCUT2D eigenvalue weighted by Crippen LogP contribution is 2.03. The molecule has 0 heterocycles. The van der Waals surface area contributed by atoms with Crippen molar-refractivity contribution in [1.29, 1.82) is 10.5 Å². The summed E-state index contributed by atoms with van der Waals surface area (Å²) in [7, 11) is 0. The van der Waals surface area contributed by atoms with Gasteiger partial charge >= 0.3 is 0 Å². The summed E-state index contributed by atoms with van der Waals surface area (Å²) in [5.41, 5.74) is 0. The number of hydrogen-bond donors (Lipinski definition) is 0. The minimum atomic E-state index is -1.12. The molecule has 0 saturated carbocycles. The lowest BCUT2D eigenvalue weighted by Gasteiger charge is -1.95. The molecule has 0 spiro atoms. The van der Waals surface area contributed by atoms with Crippen molar-refractivity contribution in [1.82, 2.24) is 0 Å². The largest absolute Gasteiger partial charge is 0.246 e. The first-order chi connectivity index (χ1) is 4.31. The average Bonchev–Trinajstić information content (AvgIpc) is 1.85. The monoisotopic (exact) mass is 126 g/mol. The van der Waals surface area contributed by atoms with E-state index in [0.717, 1.165) is 0 Å². The van der Waals surface area contributed by atoms with Gasteiger partial charge in [0.05, 0.1) is 18.6 Å². The molecule has 9 heavy (non-hydrogen) atoms. The third-order valence-corrected chi connectivity index (χ3v) is 0.882.